The second-order valence-electron chi connectivity index (χ2n) is 13.5. The van der Waals surface area contributed by atoms with Crippen molar-refractivity contribution in [2.75, 3.05) is 6.61 Å². The fraction of sp³-hybridized carbons (Fsp3) is 0.406. The van der Waals surface area contributed by atoms with E-state index in [0.717, 1.165) is 15.9 Å². The van der Waals surface area contributed by atoms with Crippen molar-refractivity contribution in [3.05, 3.63) is 83.2 Å². The van der Waals surface area contributed by atoms with E-state index < -0.39 is 59.6 Å². The average Bonchev–Trinajstić information content (AvgIpc) is 3.38. The van der Waals surface area contributed by atoms with Crippen molar-refractivity contribution in [1.82, 2.24) is 40.0 Å². The number of carbonyl (C=O) groups is 2. The van der Waals surface area contributed by atoms with Crippen LogP contribution in [0.3, 0.4) is 0 Å². The maximum Gasteiger partial charge on any atom is 0.411 e. The summed E-state index contributed by atoms with van der Waals surface area (Å²) in [6.07, 6.45) is -5.56. The number of alkyl halides is 5. The highest BCUT2D eigenvalue weighted by atomic mass is 35.5. The molecule has 13 nitrogen and oxygen atoms in total. The van der Waals surface area contributed by atoms with Crippen LogP contribution in [0.5, 0.6) is 0 Å². The predicted octanol–water partition coefficient (Wildman–Crippen LogP) is 5.79. The first-order valence-electron chi connectivity index (χ1n) is 15.6. The lowest BCUT2D eigenvalue weighted by Crippen LogP contribution is -2.50. The number of aromatic nitrogens is 6. The van der Waals surface area contributed by atoms with Crippen LogP contribution in [0.25, 0.3) is 11.4 Å². The lowest BCUT2D eigenvalue weighted by Gasteiger charge is -2.35. The van der Waals surface area contributed by atoms with Crippen LogP contribution in [0, 0.1) is 5.41 Å². The topological polar surface area (TPSA) is 158 Å². The number of carbonyl (C=O) groups excluding carboxylic acids is 2. The monoisotopic (exact) mass is 734 g/mol. The molecule has 1 aliphatic carbocycles. The van der Waals surface area contributed by atoms with Gasteiger partial charge in [0, 0.05) is 0 Å². The van der Waals surface area contributed by atoms with Crippen molar-refractivity contribution in [3.8, 4) is 11.4 Å². The van der Waals surface area contributed by atoms with E-state index in [1.807, 2.05) is 26.1 Å². The van der Waals surface area contributed by atoms with E-state index in [9.17, 15) is 31.5 Å². The molecule has 270 valence electrons. The number of nitrogens with one attached hydrogen (secondary N) is 1. The number of ether oxygens (including phenoxy) is 1. The van der Waals surface area contributed by atoms with E-state index in [-0.39, 0.29) is 41.5 Å². The van der Waals surface area contributed by atoms with Gasteiger partial charge in [-0.1, -0.05) is 55.8 Å². The number of guanidine groups is 1. The molecule has 19 heteroatoms. The number of aliphatic imine (C=N–C) groups is 1. The summed E-state index contributed by atoms with van der Waals surface area (Å²) in [6, 6.07) is 9.62. The van der Waals surface area contributed by atoms with E-state index in [1.54, 1.807) is 30.5 Å². The van der Waals surface area contributed by atoms with Crippen LogP contribution in [0.15, 0.2) is 66.2 Å². The molecule has 2 amide bonds. The van der Waals surface area contributed by atoms with E-state index >= 15 is 0 Å². The van der Waals surface area contributed by atoms with Gasteiger partial charge in [-0.25, -0.2) is 32.9 Å². The van der Waals surface area contributed by atoms with Crippen molar-refractivity contribution in [1.29, 1.82) is 0 Å². The standard InChI is InChI=1S/C32H32ClF5N10O3/c1-29(2,3)16-31(19-5-7-20(8-6-19)46-13-12-41-45-46)26(49)47(27(39)43-31)23(15-51-28(50)44-30(10-11-30)32(36,37)38)18-4-9-21(33)22(14-18)48-25(24(34)35)40-17-42-48/h4-9,12-14,17,23-24H,10-11,15-16H2,1-3H3,(H2,39,43)(H,44,50)/t23-,31-/m1/s1. The van der Waals surface area contributed by atoms with Gasteiger partial charge < -0.3 is 15.8 Å². The molecule has 3 N–H and O–H groups in total. The van der Waals surface area contributed by atoms with Gasteiger partial charge in [-0.3, -0.25) is 9.69 Å². The number of rotatable bonds is 10. The van der Waals surface area contributed by atoms with Gasteiger partial charge in [0.25, 0.3) is 12.3 Å². The van der Waals surface area contributed by atoms with Crippen LogP contribution in [0.4, 0.5) is 26.7 Å². The lowest BCUT2D eigenvalue weighted by atomic mass is 9.75. The van der Waals surface area contributed by atoms with Gasteiger partial charge in [-0.2, -0.15) is 18.3 Å². The molecule has 51 heavy (non-hydrogen) atoms. The van der Waals surface area contributed by atoms with Crippen molar-refractivity contribution in [3.63, 3.8) is 0 Å². The molecule has 0 saturated heterocycles. The van der Waals surface area contributed by atoms with Gasteiger partial charge in [0.1, 0.15) is 18.5 Å². The van der Waals surface area contributed by atoms with Crippen molar-refractivity contribution < 1.29 is 36.3 Å². The summed E-state index contributed by atoms with van der Waals surface area (Å²) in [7, 11) is 0. The molecule has 1 aliphatic heterocycles. The third-order valence-electron chi connectivity index (χ3n) is 8.61. The van der Waals surface area contributed by atoms with E-state index in [2.05, 4.69) is 20.4 Å². The van der Waals surface area contributed by atoms with Crippen molar-refractivity contribution >= 4 is 29.6 Å². The Labute approximate surface area is 292 Å². The summed E-state index contributed by atoms with van der Waals surface area (Å²) in [6.45, 7) is 5.01. The Morgan fingerprint density at radius 3 is 2.41 bits per heavy atom. The predicted molar refractivity (Wildman–Crippen MR) is 172 cm³/mol. The normalized spacial score (nSPS) is 19.3. The molecule has 0 unspecified atom stereocenters. The summed E-state index contributed by atoms with van der Waals surface area (Å²) in [4.78, 5) is 37.0. The molecular formula is C32H32ClF5N10O3. The number of halogens is 6. The molecule has 2 aliphatic rings. The number of alkyl carbamates (subject to hydrolysis) is 1. The summed E-state index contributed by atoms with van der Waals surface area (Å²) >= 11 is 6.41. The minimum Gasteiger partial charge on any atom is -0.447 e. The first kappa shape index (κ1) is 35.7. The molecule has 2 aromatic heterocycles. The van der Waals surface area contributed by atoms with Crippen molar-refractivity contribution in [2.24, 2.45) is 16.1 Å². The van der Waals surface area contributed by atoms with Gasteiger partial charge in [0.15, 0.2) is 17.3 Å². The molecule has 0 bridgehead atoms. The maximum absolute atomic E-state index is 14.8. The minimum atomic E-state index is -4.71. The fourth-order valence-corrected chi connectivity index (χ4v) is 6.30. The number of amides is 2. The number of benzene rings is 2. The molecule has 6 rings (SSSR count). The summed E-state index contributed by atoms with van der Waals surface area (Å²) in [5.74, 6) is -1.63. The second-order valence-corrected chi connectivity index (χ2v) is 13.9. The van der Waals surface area contributed by atoms with Gasteiger partial charge in [0.2, 0.25) is 0 Å². The Morgan fingerprint density at radius 2 is 1.82 bits per heavy atom. The zero-order chi connectivity index (χ0) is 36.9. The SMILES string of the molecule is CC(C)(C)C[C@]1(c2ccc(-n3ccnn3)cc2)N=C(N)N([C@H](COC(=O)NC2(C(F)(F)F)CC2)c2ccc(Cl)c(-n3ncnc3C(F)F)c2)C1=O. The third kappa shape index (κ3) is 6.83. The maximum atomic E-state index is 14.8. The molecule has 1 fully saturated rings. The average molecular weight is 735 g/mol. The zero-order valence-electron chi connectivity index (χ0n) is 27.4. The molecule has 0 spiro atoms. The summed E-state index contributed by atoms with van der Waals surface area (Å²) < 4.78 is 76.1. The van der Waals surface area contributed by atoms with Crippen LogP contribution >= 0.6 is 11.6 Å². The quantitative estimate of drug-likeness (QED) is 0.194. The number of hydrogen-bond donors (Lipinski definition) is 2. The fourth-order valence-electron chi connectivity index (χ4n) is 6.10. The highest BCUT2D eigenvalue weighted by Gasteiger charge is 2.64. The Bertz CT molecular complexity index is 1960. The zero-order valence-corrected chi connectivity index (χ0v) is 28.2. The molecule has 4 aromatic rings. The summed E-state index contributed by atoms with van der Waals surface area (Å²) in [5, 5.41) is 13.5. The molecule has 3 heterocycles. The van der Waals surface area contributed by atoms with E-state index in [1.165, 1.54) is 29.1 Å². The Kier molecular flexibility index (Phi) is 9.02. The van der Waals surface area contributed by atoms with Gasteiger partial charge >= 0.3 is 12.3 Å². The molecule has 2 atom stereocenters. The number of hydrogen-bond acceptors (Lipinski definition) is 9. The van der Waals surface area contributed by atoms with Crippen LogP contribution in [-0.2, 0) is 15.1 Å². The lowest BCUT2D eigenvalue weighted by molar-refractivity contribution is -0.164. The first-order chi connectivity index (χ1) is 23.9. The number of nitrogens with zero attached hydrogens (tertiary/aromatic N) is 8. The molecular weight excluding hydrogens is 703 g/mol. The smallest absolute Gasteiger partial charge is 0.411 e. The largest absolute Gasteiger partial charge is 0.447 e. The second kappa shape index (κ2) is 12.9. The van der Waals surface area contributed by atoms with Gasteiger partial charge in [-0.05, 0) is 60.1 Å². The van der Waals surface area contributed by atoms with Gasteiger partial charge in [-0.15, -0.1) is 5.10 Å². The molecule has 0 radical (unpaired) electrons. The van der Waals surface area contributed by atoms with Crippen LogP contribution in [-0.4, -0.2) is 70.9 Å². The first-order valence-corrected chi connectivity index (χ1v) is 16.0. The number of nitrogens with two attached hydrogens (primary N) is 1. The van der Waals surface area contributed by atoms with Gasteiger partial charge in [0.05, 0.1) is 34.8 Å². The third-order valence-corrected chi connectivity index (χ3v) is 8.93. The van der Waals surface area contributed by atoms with Crippen molar-refractivity contribution in [2.45, 2.75) is 69.8 Å². The van der Waals surface area contributed by atoms with E-state index in [4.69, 9.17) is 27.1 Å². The highest BCUT2D eigenvalue weighted by molar-refractivity contribution is 6.32. The molecule has 1 saturated carbocycles. The van der Waals surface area contributed by atoms with Crippen LogP contribution < -0.4 is 11.1 Å². The molecule has 2 aromatic carbocycles. The minimum absolute atomic E-state index is 0.0200. The Balaban J connectivity index is 1.41. The van der Waals surface area contributed by atoms with Crippen LogP contribution in [0.2, 0.25) is 5.02 Å². The summed E-state index contributed by atoms with van der Waals surface area (Å²) in [5.41, 5.74) is 3.22. The highest BCUT2D eigenvalue weighted by Crippen LogP contribution is 2.49. The van der Waals surface area contributed by atoms with E-state index in [0.29, 0.717) is 11.3 Å². The Morgan fingerprint density at radius 1 is 1.12 bits per heavy atom. The Hall–Kier alpha value is -5.13. The van der Waals surface area contributed by atoms with Crippen LogP contribution in [0.1, 0.15) is 69.5 Å².